The lowest BCUT2D eigenvalue weighted by Crippen LogP contribution is -2.26. The van der Waals surface area contributed by atoms with Crippen LogP contribution in [0.4, 0.5) is 5.69 Å². The highest BCUT2D eigenvalue weighted by atomic mass is 35.5. The van der Waals surface area contributed by atoms with Crippen LogP contribution in [0.1, 0.15) is 17.3 Å². The van der Waals surface area contributed by atoms with E-state index in [4.69, 9.17) is 16.3 Å². The number of ether oxygens (including phenoxy) is 1. The molecule has 0 saturated heterocycles. The number of hydrogen-bond acceptors (Lipinski definition) is 4. The average molecular weight is 354 g/mol. The van der Waals surface area contributed by atoms with Gasteiger partial charge in [-0.1, -0.05) is 29.8 Å². The Morgan fingerprint density at radius 3 is 2.39 bits per heavy atom. The van der Waals surface area contributed by atoms with Crippen molar-refractivity contribution in [1.29, 1.82) is 0 Å². The van der Waals surface area contributed by atoms with Crippen LogP contribution in [0.25, 0.3) is 0 Å². The summed E-state index contributed by atoms with van der Waals surface area (Å²) in [6.07, 6.45) is 0. The van der Waals surface area contributed by atoms with Crippen molar-refractivity contribution < 1.29 is 17.9 Å². The van der Waals surface area contributed by atoms with Gasteiger partial charge in [0.1, 0.15) is 0 Å². The second-order valence-electron chi connectivity index (χ2n) is 4.67. The average Bonchev–Trinajstić information content (AvgIpc) is 2.55. The number of anilines is 1. The van der Waals surface area contributed by atoms with E-state index in [0.29, 0.717) is 5.69 Å². The molecule has 0 aliphatic heterocycles. The normalized spacial score (nSPS) is 11.1. The molecule has 23 heavy (non-hydrogen) atoms. The fourth-order valence-corrected chi connectivity index (χ4v) is 3.42. The summed E-state index contributed by atoms with van der Waals surface area (Å²) in [5.41, 5.74) is 0.551. The lowest BCUT2D eigenvalue weighted by molar-refractivity contribution is 0.0526. The Balaban J connectivity index is 2.36. The highest BCUT2D eigenvalue weighted by Gasteiger charge is 2.22. The Bertz CT molecular complexity index is 806. The van der Waals surface area contributed by atoms with Crippen LogP contribution in [0.15, 0.2) is 53.4 Å². The van der Waals surface area contributed by atoms with Crippen LogP contribution >= 0.6 is 11.6 Å². The third-order valence-electron chi connectivity index (χ3n) is 3.21. The van der Waals surface area contributed by atoms with Gasteiger partial charge in [-0.3, -0.25) is 4.31 Å². The molecule has 0 aromatic heterocycles. The second kappa shape index (κ2) is 7.02. The predicted molar refractivity (Wildman–Crippen MR) is 89.4 cm³/mol. The van der Waals surface area contributed by atoms with Gasteiger partial charge in [0.15, 0.2) is 0 Å². The van der Waals surface area contributed by atoms with Gasteiger partial charge in [-0.15, -0.1) is 0 Å². The summed E-state index contributed by atoms with van der Waals surface area (Å²) in [6, 6.07) is 12.5. The third kappa shape index (κ3) is 3.65. The van der Waals surface area contributed by atoms with E-state index in [0.717, 1.165) is 4.31 Å². The van der Waals surface area contributed by atoms with E-state index in [-0.39, 0.29) is 22.1 Å². The maximum absolute atomic E-state index is 12.6. The van der Waals surface area contributed by atoms with Gasteiger partial charge in [0.05, 0.1) is 27.8 Å². The van der Waals surface area contributed by atoms with Crippen molar-refractivity contribution in [3.05, 3.63) is 59.1 Å². The highest BCUT2D eigenvalue weighted by molar-refractivity contribution is 7.92. The summed E-state index contributed by atoms with van der Waals surface area (Å²) in [5, 5.41) is 0.135. The molecule has 5 nitrogen and oxygen atoms in total. The lowest BCUT2D eigenvalue weighted by Gasteiger charge is -2.20. The first-order chi connectivity index (χ1) is 10.9. The minimum absolute atomic E-state index is 0.135. The molecule has 0 N–H and O–H groups in total. The molecule has 0 spiro atoms. The number of rotatable bonds is 5. The molecule has 0 heterocycles. The van der Waals surface area contributed by atoms with Gasteiger partial charge >= 0.3 is 5.97 Å². The van der Waals surface area contributed by atoms with E-state index >= 15 is 0 Å². The van der Waals surface area contributed by atoms with Crippen molar-refractivity contribution in [2.24, 2.45) is 0 Å². The molecule has 122 valence electrons. The van der Waals surface area contributed by atoms with E-state index < -0.39 is 16.0 Å². The van der Waals surface area contributed by atoms with Crippen LogP contribution in [-0.2, 0) is 14.8 Å². The van der Waals surface area contributed by atoms with E-state index in [1.165, 1.54) is 37.4 Å². The SMILES string of the molecule is CCOC(=O)c1ccc(N(C)S(=O)(=O)c2ccccc2)cc1Cl. The molecule has 0 amide bonds. The molecule has 0 atom stereocenters. The zero-order chi connectivity index (χ0) is 17.0. The number of halogens is 1. The monoisotopic (exact) mass is 353 g/mol. The third-order valence-corrected chi connectivity index (χ3v) is 5.33. The molecule has 2 aromatic rings. The smallest absolute Gasteiger partial charge is 0.339 e. The standard InChI is InChI=1S/C16H16ClNO4S/c1-3-22-16(19)14-10-9-12(11-15(14)17)18(2)23(20,21)13-7-5-4-6-8-13/h4-11H,3H2,1-2H3. The molecule has 0 aliphatic rings. The maximum atomic E-state index is 12.6. The first-order valence-corrected chi connectivity index (χ1v) is 8.70. The molecule has 0 bridgehead atoms. The highest BCUT2D eigenvalue weighted by Crippen LogP contribution is 2.27. The van der Waals surface area contributed by atoms with Crippen LogP contribution in [0.5, 0.6) is 0 Å². The van der Waals surface area contributed by atoms with Crippen molar-refractivity contribution in [3.63, 3.8) is 0 Å². The molecule has 0 unspecified atom stereocenters. The summed E-state index contributed by atoms with van der Waals surface area (Å²) in [6.45, 7) is 1.93. The number of carbonyl (C=O) groups excluding carboxylic acids is 1. The molecular weight excluding hydrogens is 338 g/mol. The lowest BCUT2D eigenvalue weighted by atomic mass is 10.2. The molecule has 2 rings (SSSR count). The molecule has 0 saturated carbocycles. The van der Waals surface area contributed by atoms with Crippen LogP contribution in [-0.4, -0.2) is 28.0 Å². The van der Waals surface area contributed by atoms with E-state index in [1.807, 2.05) is 0 Å². The zero-order valence-corrected chi connectivity index (χ0v) is 14.3. The van der Waals surface area contributed by atoms with Crippen LogP contribution in [0, 0.1) is 0 Å². The van der Waals surface area contributed by atoms with Crippen LogP contribution < -0.4 is 4.31 Å². The Hall–Kier alpha value is -2.05. The number of carbonyl (C=O) groups is 1. The van der Waals surface area contributed by atoms with E-state index in [9.17, 15) is 13.2 Å². The predicted octanol–water partition coefficient (Wildman–Crippen LogP) is 3.34. The number of nitrogens with zero attached hydrogens (tertiary/aromatic N) is 1. The van der Waals surface area contributed by atoms with Crippen molar-refractivity contribution >= 4 is 33.3 Å². The number of benzene rings is 2. The van der Waals surface area contributed by atoms with Gasteiger partial charge in [0.2, 0.25) is 0 Å². The van der Waals surface area contributed by atoms with E-state index in [2.05, 4.69) is 0 Å². The molecule has 2 aromatic carbocycles. The van der Waals surface area contributed by atoms with Gasteiger partial charge in [-0.2, -0.15) is 0 Å². The number of sulfonamides is 1. The van der Waals surface area contributed by atoms with Gasteiger partial charge < -0.3 is 4.74 Å². The van der Waals surface area contributed by atoms with Gasteiger partial charge in [-0.05, 0) is 37.3 Å². The van der Waals surface area contributed by atoms with Gasteiger partial charge in [0, 0.05) is 7.05 Å². The quantitative estimate of drug-likeness (QED) is 0.773. The molecule has 0 radical (unpaired) electrons. The van der Waals surface area contributed by atoms with Gasteiger partial charge in [-0.25, -0.2) is 13.2 Å². The fourth-order valence-electron chi connectivity index (χ4n) is 1.96. The number of hydrogen-bond donors (Lipinski definition) is 0. The molecular formula is C16H16ClNO4S. The first kappa shape index (κ1) is 17.3. The Morgan fingerprint density at radius 1 is 1.17 bits per heavy atom. The summed E-state index contributed by atoms with van der Waals surface area (Å²) in [7, 11) is -2.26. The topological polar surface area (TPSA) is 63.7 Å². The number of esters is 1. The summed E-state index contributed by atoms with van der Waals surface area (Å²) < 4.78 is 31.1. The molecule has 0 aliphatic carbocycles. The van der Waals surface area contributed by atoms with Crippen molar-refractivity contribution in [2.45, 2.75) is 11.8 Å². The summed E-state index contributed by atoms with van der Waals surface area (Å²) in [4.78, 5) is 11.9. The largest absolute Gasteiger partial charge is 0.462 e. The minimum atomic E-state index is -3.69. The van der Waals surface area contributed by atoms with E-state index in [1.54, 1.807) is 25.1 Å². The minimum Gasteiger partial charge on any atom is -0.462 e. The molecule has 7 heteroatoms. The van der Waals surface area contributed by atoms with Crippen molar-refractivity contribution in [3.8, 4) is 0 Å². The Morgan fingerprint density at radius 2 is 1.83 bits per heavy atom. The first-order valence-electron chi connectivity index (χ1n) is 6.88. The Labute approximate surface area is 140 Å². The van der Waals surface area contributed by atoms with Crippen LogP contribution in [0.3, 0.4) is 0 Å². The maximum Gasteiger partial charge on any atom is 0.339 e. The second-order valence-corrected chi connectivity index (χ2v) is 7.05. The molecule has 0 fully saturated rings. The van der Waals surface area contributed by atoms with Gasteiger partial charge in [0.25, 0.3) is 10.0 Å². The summed E-state index contributed by atoms with van der Waals surface area (Å²) in [5.74, 6) is -0.544. The zero-order valence-electron chi connectivity index (χ0n) is 12.7. The fraction of sp³-hybridized carbons (Fsp3) is 0.188. The van der Waals surface area contributed by atoms with Crippen molar-refractivity contribution in [2.75, 3.05) is 18.0 Å². The van der Waals surface area contributed by atoms with Crippen molar-refractivity contribution in [1.82, 2.24) is 0 Å². The van der Waals surface area contributed by atoms with Crippen LogP contribution in [0.2, 0.25) is 5.02 Å². The Kier molecular flexibility index (Phi) is 5.28. The summed E-state index contributed by atoms with van der Waals surface area (Å²) >= 11 is 6.08.